The lowest BCUT2D eigenvalue weighted by atomic mass is 9.81. The average molecular weight is 494 g/mol. The predicted octanol–water partition coefficient (Wildman–Crippen LogP) is -1.20. The van der Waals surface area contributed by atoms with Crippen LogP contribution in [0.4, 0.5) is 0 Å². The smallest absolute Gasteiger partial charge is 0.331 e. The van der Waals surface area contributed by atoms with Gasteiger partial charge in [0.25, 0.3) is 0 Å². The van der Waals surface area contributed by atoms with Gasteiger partial charge in [0.2, 0.25) is 6.29 Å². The molecule has 35 heavy (non-hydrogen) atoms. The number of rotatable bonds is 6. The highest BCUT2D eigenvalue weighted by Crippen LogP contribution is 2.51. The number of hydrogen-bond donors (Lipinski definition) is 6. The molecule has 2 fully saturated rings. The van der Waals surface area contributed by atoms with Crippen LogP contribution in [0.15, 0.2) is 48.7 Å². The molecule has 1 saturated heterocycles. The van der Waals surface area contributed by atoms with Crippen LogP contribution in [0, 0.1) is 5.92 Å². The molecular formula is C24H30O11. The minimum absolute atomic E-state index is 0.151. The third-order valence-electron chi connectivity index (χ3n) is 6.77. The maximum absolute atomic E-state index is 12.6. The molecule has 0 aromatic heterocycles. The second-order valence-electron chi connectivity index (χ2n) is 9.20. The van der Waals surface area contributed by atoms with Gasteiger partial charge in [-0.15, -0.1) is 0 Å². The van der Waals surface area contributed by atoms with Gasteiger partial charge in [0.05, 0.1) is 24.9 Å². The fourth-order valence-electron chi connectivity index (χ4n) is 4.92. The largest absolute Gasteiger partial charge is 0.472 e. The van der Waals surface area contributed by atoms with Crippen LogP contribution in [0.3, 0.4) is 0 Å². The van der Waals surface area contributed by atoms with Gasteiger partial charge in [-0.25, -0.2) is 4.79 Å². The first-order valence-corrected chi connectivity index (χ1v) is 11.2. The summed E-state index contributed by atoms with van der Waals surface area (Å²) in [5.74, 6) is -1.90. The zero-order valence-corrected chi connectivity index (χ0v) is 19.0. The van der Waals surface area contributed by atoms with Gasteiger partial charge in [-0.3, -0.25) is 0 Å². The van der Waals surface area contributed by atoms with Crippen molar-refractivity contribution in [1.82, 2.24) is 0 Å². The Labute approximate surface area is 201 Å². The molecule has 0 spiro atoms. The minimum Gasteiger partial charge on any atom is -0.472 e. The van der Waals surface area contributed by atoms with Crippen molar-refractivity contribution in [2.45, 2.75) is 67.6 Å². The van der Waals surface area contributed by atoms with E-state index in [1.165, 1.54) is 19.1 Å². The molecule has 0 radical (unpaired) electrons. The van der Waals surface area contributed by atoms with Crippen molar-refractivity contribution in [3.05, 3.63) is 54.3 Å². The van der Waals surface area contributed by atoms with Crippen molar-refractivity contribution in [1.29, 1.82) is 0 Å². The summed E-state index contributed by atoms with van der Waals surface area (Å²) >= 11 is 0. The van der Waals surface area contributed by atoms with E-state index in [2.05, 4.69) is 0 Å². The maximum Gasteiger partial charge on any atom is 0.331 e. The fraction of sp³-hybridized carbons (Fsp3) is 0.542. The summed E-state index contributed by atoms with van der Waals surface area (Å²) in [6, 6.07) is 9.06. The summed E-state index contributed by atoms with van der Waals surface area (Å²) in [6.45, 7) is 0.852. The van der Waals surface area contributed by atoms with Crippen molar-refractivity contribution in [3.63, 3.8) is 0 Å². The zero-order valence-electron chi connectivity index (χ0n) is 19.0. The number of carbonyl (C=O) groups excluding carboxylic acids is 1. The summed E-state index contributed by atoms with van der Waals surface area (Å²) in [5, 5.41) is 61.7. The Bertz CT molecular complexity index is 950. The number of benzene rings is 1. The molecule has 1 aromatic rings. The van der Waals surface area contributed by atoms with Crippen molar-refractivity contribution >= 4 is 12.0 Å². The van der Waals surface area contributed by atoms with E-state index in [-0.39, 0.29) is 6.42 Å². The van der Waals surface area contributed by atoms with Gasteiger partial charge < -0.3 is 49.6 Å². The molecule has 0 bridgehead atoms. The van der Waals surface area contributed by atoms with Crippen molar-refractivity contribution in [3.8, 4) is 0 Å². The van der Waals surface area contributed by atoms with Crippen LogP contribution in [0.5, 0.6) is 0 Å². The molecule has 2 aliphatic heterocycles. The van der Waals surface area contributed by atoms with Crippen molar-refractivity contribution in [2.24, 2.45) is 5.92 Å². The number of carbonyl (C=O) groups is 1. The monoisotopic (exact) mass is 494 g/mol. The van der Waals surface area contributed by atoms with Crippen molar-refractivity contribution in [2.75, 3.05) is 6.61 Å². The Kier molecular flexibility index (Phi) is 7.32. The van der Waals surface area contributed by atoms with E-state index in [1.54, 1.807) is 18.2 Å². The normalized spacial score (nSPS) is 43.1. The van der Waals surface area contributed by atoms with Crippen LogP contribution in [0.2, 0.25) is 0 Å². The summed E-state index contributed by atoms with van der Waals surface area (Å²) in [4.78, 5) is 12.6. The van der Waals surface area contributed by atoms with Gasteiger partial charge >= 0.3 is 5.97 Å². The molecule has 192 valence electrons. The van der Waals surface area contributed by atoms with E-state index in [9.17, 15) is 35.4 Å². The lowest BCUT2D eigenvalue weighted by Crippen LogP contribution is -2.62. The van der Waals surface area contributed by atoms with E-state index >= 15 is 0 Å². The number of fused-ring (bicyclic) bond motifs is 1. The van der Waals surface area contributed by atoms with Crippen LogP contribution in [0.25, 0.3) is 6.08 Å². The Balaban J connectivity index is 1.55. The van der Waals surface area contributed by atoms with E-state index in [1.807, 2.05) is 18.2 Å². The molecule has 2 heterocycles. The molecule has 3 aliphatic rings. The minimum atomic E-state index is -1.91. The molecular weight excluding hydrogens is 464 g/mol. The Morgan fingerprint density at radius 2 is 1.83 bits per heavy atom. The number of ether oxygens (including phenoxy) is 4. The maximum atomic E-state index is 12.6. The molecule has 1 saturated carbocycles. The van der Waals surface area contributed by atoms with E-state index < -0.39 is 72.8 Å². The Morgan fingerprint density at radius 1 is 1.11 bits per heavy atom. The molecule has 11 heteroatoms. The highest BCUT2D eigenvalue weighted by molar-refractivity contribution is 5.87. The standard InChI is InChI=1S/C24H30O11/c1-23(35-16(27)8-7-13-5-3-2-4-6-13)11-15(26)24(31)9-10-32-22(20(23)24)34-21-19(30)18(29)17(28)14(12-25)33-21/h2-10,14-15,17-22,25-26,28-31H,11-12H2,1H3/t14-,15-,17-,18-,19-,20-,21+,22-,23+,24-/m1/s1. The fourth-order valence-corrected chi connectivity index (χ4v) is 4.92. The highest BCUT2D eigenvalue weighted by atomic mass is 16.8. The molecule has 11 nitrogen and oxygen atoms in total. The van der Waals surface area contributed by atoms with Crippen LogP contribution in [0.1, 0.15) is 18.9 Å². The van der Waals surface area contributed by atoms with Crippen molar-refractivity contribution < 1.29 is 54.4 Å². The van der Waals surface area contributed by atoms with E-state index in [0.717, 1.165) is 11.8 Å². The Morgan fingerprint density at radius 3 is 2.51 bits per heavy atom. The van der Waals surface area contributed by atoms with Crippen LogP contribution < -0.4 is 0 Å². The van der Waals surface area contributed by atoms with E-state index in [4.69, 9.17) is 18.9 Å². The number of hydrogen-bond acceptors (Lipinski definition) is 11. The molecule has 6 N–H and O–H groups in total. The molecule has 4 rings (SSSR count). The van der Waals surface area contributed by atoms with Crippen LogP contribution in [-0.4, -0.2) is 97.5 Å². The first-order valence-electron chi connectivity index (χ1n) is 11.2. The lowest BCUT2D eigenvalue weighted by molar-refractivity contribution is -0.351. The topological polar surface area (TPSA) is 175 Å². The van der Waals surface area contributed by atoms with Gasteiger partial charge in [0.15, 0.2) is 6.29 Å². The third kappa shape index (κ3) is 4.86. The van der Waals surface area contributed by atoms with Gasteiger partial charge in [-0.05, 0) is 24.6 Å². The number of esters is 1. The predicted molar refractivity (Wildman–Crippen MR) is 118 cm³/mol. The summed E-state index contributed by atoms with van der Waals surface area (Å²) in [6.07, 6.45) is -5.57. The van der Waals surface area contributed by atoms with E-state index in [0.29, 0.717) is 0 Å². The second kappa shape index (κ2) is 9.96. The quantitative estimate of drug-likeness (QED) is 0.207. The number of aliphatic hydroxyl groups is 6. The highest BCUT2D eigenvalue weighted by Gasteiger charge is 2.66. The van der Waals surface area contributed by atoms with Gasteiger partial charge in [-0.2, -0.15) is 0 Å². The third-order valence-corrected chi connectivity index (χ3v) is 6.77. The summed E-state index contributed by atoms with van der Waals surface area (Å²) in [7, 11) is 0. The lowest BCUT2D eigenvalue weighted by Gasteiger charge is -2.45. The molecule has 0 unspecified atom stereocenters. The average Bonchev–Trinajstić information content (AvgIpc) is 3.03. The first kappa shape index (κ1) is 25.7. The van der Waals surface area contributed by atoms with Crippen LogP contribution in [-0.2, 0) is 23.7 Å². The van der Waals surface area contributed by atoms with Gasteiger partial charge in [0, 0.05) is 12.5 Å². The van der Waals surface area contributed by atoms with Gasteiger partial charge in [-0.1, -0.05) is 30.3 Å². The van der Waals surface area contributed by atoms with Gasteiger partial charge in [0.1, 0.15) is 35.6 Å². The molecule has 1 aliphatic carbocycles. The number of aliphatic hydroxyl groups excluding tert-OH is 5. The molecule has 0 amide bonds. The van der Waals surface area contributed by atoms with Crippen LogP contribution >= 0.6 is 0 Å². The summed E-state index contributed by atoms with van der Waals surface area (Å²) < 4.78 is 22.3. The Hall–Kier alpha value is -2.35. The second-order valence-corrected chi connectivity index (χ2v) is 9.20. The first-order chi connectivity index (χ1) is 16.6. The summed E-state index contributed by atoms with van der Waals surface area (Å²) in [5.41, 5.74) is -2.62. The molecule has 1 aromatic carbocycles. The SMILES string of the molecule is C[C@]1(OC(=O)C=Cc2ccccc2)C[C@@H](O)[C@]2(O)C=CO[C@H](O[C@@H]3O[C@H](CO)[C@@H](O)[C@@H](O)[C@H]3O)[C@@H]21. The zero-order chi connectivity index (χ0) is 25.4. The molecule has 10 atom stereocenters.